The number of benzene rings is 3. The number of aliphatic imine (C=N–C) groups is 1. The largest absolute Gasteiger partial charge is 0.506 e. The van der Waals surface area contributed by atoms with Gasteiger partial charge in [-0.2, -0.15) is 0 Å². The molecule has 0 atom stereocenters. The normalized spacial score (nSPS) is 15.3. The van der Waals surface area contributed by atoms with Crippen molar-refractivity contribution in [2.45, 2.75) is 33.8 Å². The third-order valence-electron chi connectivity index (χ3n) is 5.78. The average molecular weight is 658 g/mol. The van der Waals surface area contributed by atoms with E-state index in [0.29, 0.717) is 29.6 Å². The summed E-state index contributed by atoms with van der Waals surface area (Å²) in [5.74, 6) is -0.215. The quantitative estimate of drug-likeness (QED) is 0.192. The first-order valence-electron chi connectivity index (χ1n) is 12.5. The molecule has 1 N–H and O–H groups in total. The molecule has 9 heteroatoms. The molecule has 0 aromatic heterocycles. The van der Waals surface area contributed by atoms with Crippen molar-refractivity contribution < 1.29 is 28.9 Å². The average Bonchev–Trinajstić information content (AvgIpc) is 3.22. The summed E-state index contributed by atoms with van der Waals surface area (Å²) in [5.41, 5.74) is 1.68. The number of hydrogen-bond donors (Lipinski definition) is 1. The molecule has 0 unspecified atom stereocenters. The summed E-state index contributed by atoms with van der Waals surface area (Å²) >= 11 is 3.24. The SMILES string of the molecule is CCOC(=O)C1=C(O)/C(=C/c2cc(I)c(OCc3cccc4ccccc34)c(OCC)c2)SC1=NC(=O)CC. The van der Waals surface area contributed by atoms with Gasteiger partial charge in [0.05, 0.1) is 21.7 Å². The molecule has 0 fully saturated rings. The summed E-state index contributed by atoms with van der Waals surface area (Å²) < 4.78 is 18.1. The number of hydrogen-bond acceptors (Lipinski definition) is 7. The Hall–Kier alpha value is -3.31. The van der Waals surface area contributed by atoms with Gasteiger partial charge in [0.1, 0.15) is 23.0 Å². The lowest BCUT2D eigenvalue weighted by atomic mass is 10.1. The van der Waals surface area contributed by atoms with Crippen LogP contribution in [0.1, 0.15) is 38.3 Å². The number of esters is 1. The number of fused-ring (bicyclic) bond motifs is 1. The van der Waals surface area contributed by atoms with Crippen molar-refractivity contribution in [1.29, 1.82) is 0 Å². The van der Waals surface area contributed by atoms with E-state index in [-0.39, 0.29) is 29.4 Å². The van der Waals surface area contributed by atoms with Gasteiger partial charge in [-0.25, -0.2) is 9.79 Å². The minimum absolute atomic E-state index is 0.107. The first-order chi connectivity index (χ1) is 18.9. The molecule has 0 saturated heterocycles. The summed E-state index contributed by atoms with van der Waals surface area (Å²) in [6, 6.07) is 18.0. The lowest BCUT2D eigenvalue weighted by Crippen LogP contribution is -2.14. The van der Waals surface area contributed by atoms with Crippen LogP contribution in [0.2, 0.25) is 0 Å². The fraction of sp³-hybridized carbons (Fsp3) is 0.233. The Kier molecular flexibility index (Phi) is 9.68. The summed E-state index contributed by atoms with van der Waals surface area (Å²) in [6.07, 6.45) is 1.90. The van der Waals surface area contributed by atoms with Crippen molar-refractivity contribution in [3.05, 3.63) is 85.5 Å². The van der Waals surface area contributed by atoms with E-state index < -0.39 is 11.9 Å². The van der Waals surface area contributed by atoms with Gasteiger partial charge in [-0.15, -0.1) is 0 Å². The van der Waals surface area contributed by atoms with Gasteiger partial charge in [0.2, 0.25) is 5.91 Å². The number of nitrogens with zero attached hydrogens (tertiary/aromatic N) is 1. The fourth-order valence-corrected chi connectivity index (χ4v) is 5.79. The number of amides is 1. The van der Waals surface area contributed by atoms with Crippen molar-refractivity contribution in [2.24, 2.45) is 4.99 Å². The summed E-state index contributed by atoms with van der Waals surface area (Å²) in [6.45, 7) is 6.17. The molecule has 1 heterocycles. The highest BCUT2D eigenvalue weighted by molar-refractivity contribution is 14.1. The highest BCUT2D eigenvalue weighted by Gasteiger charge is 2.33. The van der Waals surface area contributed by atoms with Crippen molar-refractivity contribution >= 4 is 68.1 Å². The number of rotatable bonds is 9. The highest BCUT2D eigenvalue weighted by Crippen LogP contribution is 2.41. The van der Waals surface area contributed by atoms with Crippen LogP contribution in [-0.2, 0) is 20.9 Å². The summed E-state index contributed by atoms with van der Waals surface area (Å²) in [7, 11) is 0. The first-order valence-corrected chi connectivity index (χ1v) is 14.4. The van der Waals surface area contributed by atoms with E-state index in [1.165, 1.54) is 0 Å². The number of thioether (sulfide) groups is 1. The second-order valence-corrected chi connectivity index (χ2v) is 10.6. The molecule has 0 radical (unpaired) electrons. The van der Waals surface area contributed by atoms with E-state index in [0.717, 1.165) is 37.2 Å². The zero-order valence-electron chi connectivity index (χ0n) is 21.8. The van der Waals surface area contributed by atoms with Crippen LogP contribution in [0.25, 0.3) is 16.8 Å². The first kappa shape index (κ1) is 28.7. The maximum atomic E-state index is 12.5. The van der Waals surface area contributed by atoms with Gasteiger partial charge in [0.25, 0.3) is 0 Å². The van der Waals surface area contributed by atoms with E-state index in [1.54, 1.807) is 19.9 Å². The standard InChI is InChI=1S/C30H28INO6S/c1-4-25(33)32-29-26(30(35)37-6-3)27(34)24(39-29)16-18-14-22(31)28(23(15-18)36-5-2)38-17-20-12-9-11-19-10-7-8-13-21(19)20/h7-16,34H,4-6,17H2,1-3H3/b24-16-,32-29?. The molecule has 0 aliphatic carbocycles. The maximum absolute atomic E-state index is 12.5. The van der Waals surface area contributed by atoms with Gasteiger partial charge in [-0.3, -0.25) is 4.79 Å². The van der Waals surface area contributed by atoms with Gasteiger partial charge in [0, 0.05) is 6.42 Å². The van der Waals surface area contributed by atoms with Crippen molar-refractivity contribution in [2.75, 3.05) is 13.2 Å². The Labute approximate surface area is 245 Å². The van der Waals surface area contributed by atoms with Crippen LogP contribution in [0.15, 0.2) is 75.8 Å². The van der Waals surface area contributed by atoms with Crippen LogP contribution in [0.3, 0.4) is 0 Å². The lowest BCUT2D eigenvalue weighted by molar-refractivity contribution is -0.138. The highest BCUT2D eigenvalue weighted by atomic mass is 127. The molecule has 3 aromatic carbocycles. The smallest absolute Gasteiger partial charge is 0.344 e. The monoisotopic (exact) mass is 657 g/mol. The van der Waals surface area contributed by atoms with E-state index in [9.17, 15) is 14.7 Å². The molecule has 3 aromatic rings. The van der Waals surface area contributed by atoms with Crippen molar-refractivity contribution in [3.8, 4) is 11.5 Å². The van der Waals surface area contributed by atoms with Crippen molar-refractivity contribution in [1.82, 2.24) is 0 Å². The number of carbonyl (C=O) groups is 2. The molecule has 1 aliphatic rings. The molecule has 1 aliphatic heterocycles. The molecule has 4 rings (SSSR count). The van der Waals surface area contributed by atoms with Gasteiger partial charge in [-0.1, -0.05) is 61.2 Å². The molecular weight excluding hydrogens is 629 g/mol. The van der Waals surface area contributed by atoms with E-state index >= 15 is 0 Å². The zero-order valence-corrected chi connectivity index (χ0v) is 24.8. The minimum Gasteiger partial charge on any atom is -0.506 e. The summed E-state index contributed by atoms with van der Waals surface area (Å²) in [4.78, 5) is 28.9. The fourth-order valence-electron chi connectivity index (χ4n) is 3.98. The molecule has 7 nitrogen and oxygen atoms in total. The number of ether oxygens (including phenoxy) is 3. The van der Waals surface area contributed by atoms with E-state index in [1.807, 2.05) is 43.3 Å². The second-order valence-electron chi connectivity index (χ2n) is 8.41. The van der Waals surface area contributed by atoms with Crippen molar-refractivity contribution in [3.63, 3.8) is 0 Å². The predicted octanol–water partition coefficient (Wildman–Crippen LogP) is 7.22. The van der Waals surface area contributed by atoms with Gasteiger partial charge >= 0.3 is 5.97 Å². The van der Waals surface area contributed by atoms with E-state index in [4.69, 9.17) is 14.2 Å². The topological polar surface area (TPSA) is 94.4 Å². The Morgan fingerprint density at radius 2 is 1.79 bits per heavy atom. The van der Waals surface area contributed by atoms with Gasteiger partial charge in [-0.05, 0) is 76.5 Å². The predicted molar refractivity (Wildman–Crippen MR) is 163 cm³/mol. The zero-order chi connectivity index (χ0) is 27.9. The Morgan fingerprint density at radius 1 is 1.03 bits per heavy atom. The Bertz CT molecular complexity index is 1510. The molecule has 0 saturated carbocycles. The lowest BCUT2D eigenvalue weighted by Gasteiger charge is -2.16. The Balaban J connectivity index is 1.67. The van der Waals surface area contributed by atoms with Gasteiger partial charge < -0.3 is 19.3 Å². The number of carbonyl (C=O) groups excluding carboxylic acids is 2. The third-order valence-corrected chi connectivity index (χ3v) is 7.60. The van der Waals surface area contributed by atoms with Crippen LogP contribution in [-0.4, -0.2) is 35.2 Å². The van der Waals surface area contributed by atoms with Crippen LogP contribution in [0.4, 0.5) is 0 Å². The number of aliphatic hydroxyl groups is 1. The molecule has 0 spiro atoms. The molecule has 1 amide bonds. The molecule has 39 heavy (non-hydrogen) atoms. The maximum Gasteiger partial charge on any atom is 0.344 e. The summed E-state index contributed by atoms with van der Waals surface area (Å²) in [5, 5.41) is 13.3. The Morgan fingerprint density at radius 3 is 2.54 bits per heavy atom. The third kappa shape index (κ3) is 6.65. The van der Waals surface area contributed by atoms with Gasteiger partial charge in [0.15, 0.2) is 11.5 Å². The van der Waals surface area contributed by atoms with Crippen LogP contribution in [0, 0.1) is 3.57 Å². The molecular formula is C30H28INO6S. The second kappa shape index (κ2) is 13.2. The minimum atomic E-state index is -0.727. The van der Waals surface area contributed by atoms with Crippen LogP contribution < -0.4 is 9.47 Å². The molecule has 0 bridgehead atoms. The van der Waals surface area contributed by atoms with E-state index in [2.05, 4.69) is 45.8 Å². The van der Waals surface area contributed by atoms with Crippen LogP contribution in [0.5, 0.6) is 11.5 Å². The molecule has 202 valence electrons. The number of halogens is 1. The number of aliphatic hydroxyl groups excluding tert-OH is 1. The van der Waals surface area contributed by atoms with Crippen LogP contribution >= 0.6 is 34.4 Å².